The second-order valence-corrected chi connectivity index (χ2v) is 6.78. The molecule has 0 aliphatic heterocycles. The number of aryl methyl sites for hydroxylation is 1. The first kappa shape index (κ1) is 17.8. The van der Waals surface area contributed by atoms with Gasteiger partial charge in [0.1, 0.15) is 0 Å². The molecule has 7 heteroatoms. The van der Waals surface area contributed by atoms with Crippen LogP contribution in [-0.2, 0) is 6.54 Å². The predicted octanol–water partition coefficient (Wildman–Crippen LogP) is 2.71. The maximum absolute atomic E-state index is 11.8. The van der Waals surface area contributed by atoms with Gasteiger partial charge < -0.3 is 15.6 Å². The Balaban J connectivity index is 1.74. The minimum Gasteiger partial charge on any atom is -0.404 e. The van der Waals surface area contributed by atoms with E-state index in [9.17, 15) is 4.79 Å². The Hall–Kier alpha value is -2.96. The molecular formula is C19H24N6O. The smallest absolute Gasteiger partial charge is 0.250 e. The van der Waals surface area contributed by atoms with Crippen LogP contribution in [-0.4, -0.2) is 26.3 Å². The fourth-order valence-corrected chi connectivity index (χ4v) is 2.49. The van der Waals surface area contributed by atoms with Crippen molar-refractivity contribution in [2.45, 2.75) is 45.2 Å². The molecule has 0 bridgehead atoms. The van der Waals surface area contributed by atoms with Gasteiger partial charge >= 0.3 is 0 Å². The normalized spacial score (nSPS) is 16.0. The lowest BCUT2D eigenvalue weighted by atomic mass is 10.1. The van der Waals surface area contributed by atoms with Gasteiger partial charge in [0, 0.05) is 60.3 Å². The molecule has 1 fully saturated rings. The zero-order valence-corrected chi connectivity index (χ0v) is 15.1. The number of allylic oxidation sites excluding steroid dienone is 1. The summed E-state index contributed by atoms with van der Waals surface area (Å²) in [4.78, 5) is 24.9. The summed E-state index contributed by atoms with van der Waals surface area (Å²) in [5, 5.41) is 3.32. The zero-order chi connectivity index (χ0) is 18.6. The van der Waals surface area contributed by atoms with E-state index in [0.29, 0.717) is 23.8 Å². The van der Waals surface area contributed by atoms with Crippen LogP contribution < -0.4 is 16.6 Å². The van der Waals surface area contributed by atoms with Crippen LogP contribution in [0.2, 0.25) is 0 Å². The van der Waals surface area contributed by atoms with Gasteiger partial charge in [-0.15, -0.1) is 0 Å². The first-order valence-corrected chi connectivity index (χ1v) is 8.80. The average molecular weight is 352 g/mol. The van der Waals surface area contributed by atoms with Crippen molar-refractivity contribution in [3.8, 4) is 0 Å². The van der Waals surface area contributed by atoms with Crippen LogP contribution in [0, 0.1) is 0 Å². The molecule has 0 spiro atoms. The van der Waals surface area contributed by atoms with Gasteiger partial charge in [-0.25, -0.2) is 9.97 Å². The molecule has 0 radical (unpaired) electrons. The SMILES string of the molecule is CCCn1cc(N=CC(=CN)c2cnc(NC3(C)CC3)nc2)ccc1=O. The molecule has 0 unspecified atom stereocenters. The van der Waals surface area contributed by atoms with Gasteiger partial charge in [-0.05, 0) is 32.3 Å². The summed E-state index contributed by atoms with van der Waals surface area (Å²) in [5.74, 6) is 0.619. The number of anilines is 1. The highest BCUT2D eigenvalue weighted by Gasteiger charge is 2.37. The summed E-state index contributed by atoms with van der Waals surface area (Å²) in [6.07, 6.45) is 11.5. The molecular weight excluding hydrogens is 328 g/mol. The lowest BCUT2D eigenvalue weighted by Crippen LogP contribution is -2.18. The van der Waals surface area contributed by atoms with Crippen molar-refractivity contribution >= 4 is 23.4 Å². The lowest BCUT2D eigenvalue weighted by molar-refractivity contribution is 0.655. The molecule has 2 aromatic heterocycles. The number of aliphatic imine (C=N–C) groups is 1. The largest absolute Gasteiger partial charge is 0.404 e. The van der Waals surface area contributed by atoms with E-state index in [1.807, 2.05) is 6.92 Å². The molecule has 1 aliphatic carbocycles. The highest BCUT2D eigenvalue weighted by atomic mass is 16.1. The molecule has 2 aromatic rings. The Morgan fingerprint density at radius 1 is 1.38 bits per heavy atom. The van der Waals surface area contributed by atoms with Crippen LogP contribution in [0.5, 0.6) is 0 Å². The van der Waals surface area contributed by atoms with Crippen molar-refractivity contribution in [1.29, 1.82) is 0 Å². The molecule has 7 nitrogen and oxygen atoms in total. The van der Waals surface area contributed by atoms with E-state index < -0.39 is 0 Å². The maximum Gasteiger partial charge on any atom is 0.250 e. The number of hydrogen-bond acceptors (Lipinski definition) is 6. The summed E-state index contributed by atoms with van der Waals surface area (Å²) < 4.78 is 1.65. The van der Waals surface area contributed by atoms with E-state index >= 15 is 0 Å². The molecule has 0 aromatic carbocycles. The van der Waals surface area contributed by atoms with Crippen LogP contribution >= 0.6 is 0 Å². The van der Waals surface area contributed by atoms with E-state index in [1.54, 1.807) is 35.4 Å². The predicted molar refractivity (Wildman–Crippen MR) is 105 cm³/mol. The van der Waals surface area contributed by atoms with E-state index in [-0.39, 0.29) is 11.1 Å². The average Bonchev–Trinajstić information content (AvgIpc) is 3.36. The second-order valence-electron chi connectivity index (χ2n) is 6.78. The maximum atomic E-state index is 11.8. The van der Waals surface area contributed by atoms with Gasteiger partial charge in [0.25, 0.3) is 5.56 Å². The minimum absolute atomic E-state index is 0.0266. The number of rotatable bonds is 7. The molecule has 1 aliphatic rings. The second kappa shape index (κ2) is 7.51. The Bertz CT molecular complexity index is 878. The Morgan fingerprint density at radius 3 is 2.73 bits per heavy atom. The number of aromatic nitrogens is 3. The van der Waals surface area contributed by atoms with E-state index in [4.69, 9.17) is 5.73 Å². The fourth-order valence-electron chi connectivity index (χ4n) is 2.49. The third-order valence-corrected chi connectivity index (χ3v) is 4.36. The summed E-state index contributed by atoms with van der Waals surface area (Å²) in [6, 6.07) is 3.22. The van der Waals surface area contributed by atoms with Crippen molar-refractivity contribution in [1.82, 2.24) is 14.5 Å². The van der Waals surface area contributed by atoms with E-state index in [2.05, 4.69) is 27.2 Å². The summed E-state index contributed by atoms with van der Waals surface area (Å²) in [6.45, 7) is 4.85. The third kappa shape index (κ3) is 4.36. The van der Waals surface area contributed by atoms with E-state index in [0.717, 1.165) is 24.8 Å². The van der Waals surface area contributed by atoms with Crippen LogP contribution in [0.15, 0.2) is 46.7 Å². The van der Waals surface area contributed by atoms with Crippen LogP contribution in [0.1, 0.15) is 38.7 Å². The third-order valence-electron chi connectivity index (χ3n) is 4.36. The van der Waals surface area contributed by atoms with Crippen molar-refractivity contribution in [2.75, 3.05) is 5.32 Å². The number of hydrogen-bond donors (Lipinski definition) is 2. The Morgan fingerprint density at radius 2 is 2.12 bits per heavy atom. The number of nitrogens with two attached hydrogens (primary N) is 1. The van der Waals surface area contributed by atoms with Crippen LogP contribution in [0.4, 0.5) is 11.6 Å². The van der Waals surface area contributed by atoms with E-state index in [1.165, 1.54) is 12.3 Å². The molecule has 0 amide bonds. The first-order chi connectivity index (χ1) is 12.5. The standard InChI is InChI=1S/C19H24N6O/c1-3-8-25-13-16(4-5-17(25)26)21-10-14(9-20)15-11-22-18(23-12-15)24-19(2)6-7-19/h4-5,9-13H,3,6-8,20H2,1-2H3,(H,22,23,24). The van der Waals surface area contributed by atoms with Gasteiger partial charge in [0.05, 0.1) is 5.69 Å². The Labute approximate surface area is 152 Å². The monoisotopic (exact) mass is 352 g/mol. The Kier molecular flexibility index (Phi) is 5.16. The van der Waals surface area contributed by atoms with Gasteiger partial charge in [-0.2, -0.15) is 0 Å². The highest BCUT2D eigenvalue weighted by molar-refractivity contribution is 6.10. The van der Waals surface area contributed by atoms with Crippen molar-refractivity contribution in [2.24, 2.45) is 10.7 Å². The molecule has 2 heterocycles. The summed E-state index contributed by atoms with van der Waals surface area (Å²) in [5.41, 5.74) is 8.04. The molecule has 3 rings (SSSR count). The molecule has 0 atom stereocenters. The topological polar surface area (TPSA) is 98.2 Å². The molecule has 0 saturated heterocycles. The highest BCUT2D eigenvalue weighted by Crippen LogP contribution is 2.37. The fraction of sp³-hybridized carbons (Fsp3) is 0.368. The number of nitrogens with one attached hydrogen (secondary N) is 1. The van der Waals surface area contributed by atoms with Gasteiger partial charge in [-0.3, -0.25) is 9.79 Å². The number of pyridine rings is 1. The summed E-state index contributed by atoms with van der Waals surface area (Å²) in [7, 11) is 0. The molecule has 3 N–H and O–H groups in total. The van der Waals surface area contributed by atoms with Crippen molar-refractivity contribution in [3.05, 3.63) is 52.8 Å². The van der Waals surface area contributed by atoms with Crippen LogP contribution in [0.3, 0.4) is 0 Å². The van der Waals surface area contributed by atoms with Gasteiger partial charge in [-0.1, -0.05) is 6.92 Å². The minimum atomic E-state index is -0.0266. The quantitative estimate of drug-likeness (QED) is 0.747. The zero-order valence-electron chi connectivity index (χ0n) is 15.1. The van der Waals surface area contributed by atoms with Gasteiger partial charge in [0.15, 0.2) is 0 Å². The van der Waals surface area contributed by atoms with Crippen molar-refractivity contribution < 1.29 is 0 Å². The van der Waals surface area contributed by atoms with Crippen LogP contribution in [0.25, 0.3) is 5.57 Å². The van der Waals surface area contributed by atoms with Gasteiger partial charge in [0.2, 0.25) is 5.95 Å². The molecule has 136 valence electrons. The molecule has 1 saturated carbocycles. The molecule has 26 heavy (non-hydrogen) atoms. The summed E-state index contributed by atoms with van der Waals surface area (Å²) >= 11 is 0. The van der Waals surface area contributed by atoms with Crippen molar-refractivity contribution in [3.63, 3.8) is 0 Å². The first-order valence-electron chi connectivity index (χ1n) is 8.80. The number of nitrogens with zero attached hydrogens (tertiary/aromatic N) is 4. The lowest BCUT2D eigenvalue weighted by Gasteiger charge is -2.11.